The predicted molar refractivity (Wildman–Crippen MR) is 92.7 cm³/mol. The molecule has 2 aromatic heterocycles. The lowest BCUT2D eigenvalue weighted by atomic mass is 10.1. The summed E-state index contributed by atoms with van der Waals surface area (Å²) in [5.41, 5.74) is 1.43. The summed E-state index contributed by atoms with van der Waals surface area (Å²) in [5.74, 6) is 0.872. The smallest absolute Gasteiger partial charge is 0.282 e. The van der Waals surface area contributed by atoms with E-state index in [2.05, 4.69) is 4.98 Å². The first-order chi connectivity index (χ1) is 10.2. The first-order valence-electron chi connectivity index (χ1n) is 6.45. The number of thiophene rings is 1. The summed E-state index contributed by atoms with van der Waals surface area (Å²) in [7, 11) is 0. The number of benzene rings is 1. The molecule has 0 unspecified atom stereocenters. The summed E-state index contributed by atoms with van der Waals surface area (Å²) < 4.78 is 2.39. The zero-order valence-corrected chi connectivity index (χ0v) is 13.8. The number of hydrogen-bond donors (Lipinski definition) is 0. The van der Waals surface area contributed by atoms with E-state index in [1.54, 1.807) is 16.3 Å². The molecule has 3 rings (SSSR count). The van der Waals surface area contributed by atoms with E-state index in [1.807, 2.05) is 42.7 Å². The van der Waals surface area contributed by atoms with E-state index in [-0.39, 0.29) is 5.69 Å². The van der Waals surface area contributed by atoms with Crippen molar-refractivity contribution in [3.05, 3.63) is 51.2 Å². The van der Waals surface area contributed by atoms with Crippen molar-refractivity contribution in [1.82, 2.24) is 9.55 Å². The Kier molecular flexibility index (Phi) is 4.33. The van der Waals surface area contributed by atoms with Gasteiger partial charge < -0.3 is 0 Å². The summed E-state index contributed by atoms with van der Waals surface area (Å²) in [5, 5.41) is 0.942. The quantitative estimate of drug-likeness (QED) is 0.718. The zero-order valence-electron chi connectivity index (χ0n) is 11.4. The molecular formula is C15H13ClN2OS2. The Hall–Kier alpha value is -1.30. The molecule has 3 aromatic rings. The van der Waals surface area contributed by atoms with Crippen LogP contribution in [0.1, 0.15) is 0 Å². The molecule has 0 aliphatic carbocycles. The molecule has 0 atom stereocenters. The van der Waals surface area contributed by atoms with Crippen molar-refractivity contribution in [2.75, 3.05) is 12.0 Å². The molecule has 2 heterocycles. The van der Waals surface area contributed by atoms with Gasteiger partial charge in [0, 0.05) is 23.2 Å². The summed E-state index contributed by atoms with van der Waals surface area (Å²) >= 11 is 9.31. The Morgan fingerprint density at radius 2 is 2.10 bits per heavy atom. The second-order valence-electron chi connectivity index (χ2n) is 4.52. The Balaban J connectivity index is 2.26. The molecule has 0 amide bonds. The van der Waals surface area contributed by atoms with Gasteiger partial charge in [-0.1, -0.05) is 41.9 Å². The Bertz CT molecular complexity index is 827. The number of aromatic nitrogens is 2. The topological polar surface area (TPSA) is 34.9 Å². The predicted octanol–water partition coefficient (Wildman–Crippen LogP) is 4.14. The van der Waals surface area contributed by atoms with Crippen LogP contribution in [-0.2, 0) is 6.54 Å². The van der Waals surface area contributed by atoms with Gasteiger partial charge in [-0.2, -0.15) is 16.7 Å². The molecule has 0 saturated heterocycles. The van der Waals surface area contributed by atoms with E-state index in [1.165, 1.54) is 11.3 Å². The van der Waals surface area contributed by atoms with Crippen LogP contribution in [0.25, 0.3) is 21.5 Å². The summed E-state index contributed by atoms with van der Waals surface area (Å²) in [6.07, 6.45) is 2.02. The maximum absolute atomic E-state index is 12.3. The fraction of sp³-hybridized carbons (Fsp3) is 0.200. The Morgan fingerprint density at radius 1 is 1.33 bits per heavy atom. The van der Waals surface area contributed by atoms with Gasteiger partial charge in [0.05, 0.1) is 10.0 Å². The van der Waals surface area contributed by atoms with Gasteiger partial charge in [0.15, 0.2) is 0 Å². The third-order valence-electron chi connectivity index (χ3n) is 3.19. The van der Waals surface area contributed by atoms with Crippen molar-refractivity contribution in [2.24, 2.45) is 0 Å². The summed E-state index contributed by atoms with van der Waals surface area (Å²) in [4.78, 5) is 17.5. The molecule has 0 bridgehead atoms. The lowest BCUT2D eigenvalue weighted by Gasteiger charge is -2.08. The second-order valence-corrected chi connectivity index (χ2v) is 7.17. The normalized spacial score (nSPS) is 11.1. The molecule has 0 saturated carbocycles. The first-order valence-corrected chi connectivity index (χ1v) is 9.04. The number of fused-ring (bicyclic) bond motifs is 1. The van der Waals surface area contributed by atoms with Gasteiger partial charge in [-0.3, -0.25) is 4.57 Å². The highest BCUT2D eigenvalue weighted by Crippen LogP contribution is 2.34. The van der Waals surface area contributed by atoms with Gasteiger partial charge in [-0.15, -0.1) is 11.3 Å². The van der Waals surface area contributed by atoms with Crippen molar-refractivity contribution < 1.29 is 0 Å². The molecule has 1 aromatic carbocycles. The third kappa shape index (κ3) is 2.86. The lowest BCUT2D eigenvalue weighted by molar-refractivity contribution is 0.746. The van der Waals surface area contributed by atoms with Gasteiger partial charge in [0.2, 0.25) is 0 Å². The minimum Gasteiger partial charge on any atom is -0.282 e. The summed E-state index contributed by atoms with van der Waals surface area (Å²) in [6, 6.07) is 11.6. The van der Waals surface area contributed by atoms with Crippen molar-refractivity contribution >= 4 is 44.9 Å². The minimum atomic E-state index is -0.214. The highest BCUT2D eigenvalue weighted by molar-refractivity contribution is 7.98. The van der Waals surface area contributed by atoms with Crippen molar-refractivity contribution in [3.8, 4) is 11.3 Å². The minimum absolute atomic E-state index is 0.214. The number of halogens is 1. The van der Waals surface area contributed by atoms with Gasteiger partial charge >= 0.3 is 5.69 Å². The van der Waals surface area contributed by atoms with Crippen LogP contribution in [0.3, 0.4) is 0 Å². The number of aryl methyl sites for hydroxylation is 1. The average molecular weight is 337 g/mol. The SMILES string of the molecule is CSCCn1c(=O)nc(-c2ccccc2)c2cc(Cl)sc21. The largest absolute Gasteiger partial charge is 0.349 e. The Morgan fingerprint density at radius 3 is 2.81 bits per heavy atom. The van der Waals surface area contributed by atoms with E-state index in [4.69, 9.17) is 11.6 Å². The number of nitrogens with zero attached hydrogens (tertiary/aromatic N) is 2. The van der Waals surface area contributed by atoms with E-state index in [9.17, 15) is 4.79 Å². The molecule has 0 N–H and O–H groups in total. The van der Waals surface area contributed by atoms with E-state index in [0.717, 1.165) is 21.5 Å². The summed E-state index contributed by atoms with van der Waals surface area (Å²) in [6.45, 7) is 0.648. The van der Waals surface area contributed by atoms with Gasteiger partial charge in [0.25, 0.3) is 0 Å². The molecule has 108 valence electrons. The van der Waals surface area contributed by atoms with Gasteiger partial charge in [-0.05, 0) is 12.3 Å². The van der Waals surface area contributed by atoms with Crippen molar-refractivity contribution in [1.29, 1.82) is 0 Å². The Labute approximate surface area is 135 Å². The highest BCUT2D eigenvalue weighted by atomic mass is 35.5. The van der Waals surface area contributed by atoms with Gasteiger partial charge in [0.1, 0.15) is 4.83 Å². The number of hydrogen-bond acceptors (Lipinski definition) is 4. The van der Waals surface area contributed by atoms with Crippen LogP contribution < -0.4 is 5.69 Å². The second kappa shape index (κ2) is 6.22. The fourth-order valence-electron chi connectivity index (χ4n) is 2.22. The van der Waals surface area contributed by atoms with Crippen molar-refractivity contribution in [3.63, 3.8) is 0 Å². The van der Waals surface area contributed by atoms with E-state index in [0.29, 0.717) is 16.6 Å². The molecule has 0 aliphatic rings. The van der Waals surface area contributed by atoms with Crippen LogP contribution in [0.4, 0.5) is 0 Å². The molecule has 0 aliphatic heterocycles. The standard InChI is InChI=1S/C15H13ClN2OS2/c1-20-8-7-18-14-11(9-12(16)21-14)13(17-15(18)19)10-5-3-2-4-6-10/h2-6,9H,7-8H2,1H3. The molecule has 0 radical (unpaired) electrons. The average Bonchev–Trinajstić information content (AvgIpc) is 2.88. The first kappa shape index (κ1) is 14.6. The molecule has 3 nitrogen and oxygen atoms in total. The van der Waals surface area contributed by atoms with E-state index >= 15 is 0 Å². The van der Waals surface area contributed by atoms with Gasteiger partial charge in [-0.25, -0.2) is 4.79 Å². The van der Waals surface area contributed by atoms with Crippen LogP contribution in [-0.4, -0.2) is 21.6 Å². The van der Waals surface area contributed by atoms with Crippen LogP contribution in [0, 0.1) is 0 Å². The highest BCUT2D eigenvalue weighted by Gasteiger charge is 2.14. The molecule has 21 heavy (non-hydrogen) atoms. The van der Waals surface area contributed by atoms with Crippen molar-refractivity contribution in [2.45, 2.75) is 6.54 Å². The van der Waals surface area contributed by atoms with E-state index < -0.39 is 0 Å². The fourth-order valence-corrected chi connectivity index (χ4v) is 3.82. The monoisotopic (exact) mass is 336 g/mol. The molecule has 0 spiro atoms. The molecular weight excluding hydrogens is 324 g/mol. The molecule has 0 fully saturated rings. The van der Waals surface area contributed by atoms with Crippen LogP contribution in [0.5, 0.6) is 0 Å². The third-order valence-corrected chi connectivity index (χ3v) is 5.07. The number of thioether (sulfide) groups is 1. The van der Waals surface area contributed by atoms with Crippen LogP contribution in [0.15, 0.2) is 41.2 Å². The van der Waals surface area contributed by atoms with Crippen LogP contribution >= 0.6 is 34.7 Å². The maximum Gasteiger partial charge on any atom is 0.349 e. The lowest BCUT2D eigenvalue weighted by Crippen LogP contribution is -2.24. The molecule has 6 heteroatoms. The van der Waals surface area contributed by atoms with Crippen LogP contribution in [0.2, 0.25) is 4.34 Å². The maximum atomic E-state index is 12.3. The number of rotatable bonds is 4. The zero-order chi connectivity index (χ0) is 14.8.